The van der Waals surface area contributed by atoms with Crippen LogP contribution in [0.5, 0.6) is 0 Å². The van der Waals surface area contributed by atoms with E-state index in [1.54, 1.807) is 0 Å². The first-order valence-electron chi connectivity index (χ1n) is 35.9. The zero-order chi connectivity index (χ0) is 60.6. The van der Waals surface area contributed by atoms with Crippen molar-refractivity contribution in [3.8, 4) is 0 Å². The average Bonchev–Trinajstić information content (AvgIpc) is 3.48. The second-order valence-electron chi connectivity index (χ2n) is 24.6. The van der Waals surface area contributed by atoms with Crippen molar-refractivity contribution in [3.05, 3.63) is 0 Å². The minimum absolute atomic E-state index is 0. The molecule has 84 heavy (non-hydrogen) atoms. The van der Waals surface area contributed by atoms with Gasteiger partial charge in [-0.15, -0.1) is 0 Å². The molecule has 0 aromatic rings. The van der Waals surface area contributed by atoms with E-state index in [-0.39, 0.29) is 68.5 Å². The van der Waals surface area contributed by atoms with Crippen molar-refractivity contribution < 1.29 is 56.6 Å². The summed E-state index contributed by atoms with van der Waals surface area (Å²) in [6.07, 6.45) is 60.2. The third-order valence-electron chi connectivity index (χ3n) is 16.2. The Hall–Kier alpha value is -1.01. The molecule has 0 amide bonds. The van der Waals surface area contributed by atoms with Crippen LogP contribution < -0.4 is 0 Å². The fourth-order valence-corrected chi connectivity index (χ4v) is 11.6. The molecule has 1 N–H and O–H groups in total. The third kappa shape index (κ3) is 65.4. The molecule has 0 aliphatic heterocycles. The number of carbonyl (C=O) groups is 4. The molecule has 14 heteroatoms. The van der Waals surface area contributed by atoms with Gasteiger partial charge in [-0.2, -0.15) is 0 Å². The number of rotatable bonds is 68. The molecule has 0 bridgehead atoms. The molecule has 0 saturated carbocycles. The van der Waals surface area contributed by atoms with E-state index in [1.807, 2.05) is 0 Å². The summed E-state index contributed by atoms with van der Waals surface area (Å²) in [5.41, 5.74) is 0. The van der Waals surface area contributed by atoms with Gasteiger partial charge in [-0.1, -0.05) is 336 Å². The summed E-state index contributed by atoms with van der Waals surface area (Å²) in [5, 5.41) is 0. The van der Waals surface area contributed by atoms with E-state index in [0.717, 1.165) is 77.0 Å². The fraction of sp³-hybridized carbons (Fsp3) is 0.943. The molecular formula is C70H135NaO12P. The van der Waals surface area contributed by atoms with E-state index in [0.29, 0.717) is 25.7 Å². The topological polar surface area (TPSA) is 161 Å². The Morgan fingerprint density at radius 2 is 0.440 bits per heavy atom. The van der Waals surface area contributed by atoms with Gasteiger partial charge in [-0.25, -0.2) is 4.57 Å². The van der Waals surface area contributed by atoms with Crippen molar-refractivity contribution in [2.24, 2.45) is 0 Å². The van der Waals surface area contributed by atoms with Gasteiger partial charge >= 0.3 is 31.7 Å². The van der Waals surface area contributed by atoms with Crippen LogP contribution in [-0.4, -0.2) is 97.0 Å². The van der Waals surface area contributed by atoms with Crippen LogP contribution in [0.15, 0.2) is 0 Å². The summed E-state index contributed by atoms with van der Waals surface area (Å²) in [6, 6.07) is 0. The van der Waals surface area contributed by atoms with Crippen LogP contribution >= 0.6 is 7.82 Å². The Bertz CT molecular complexity index is 1370. The first-order chi connectivity index (χ1) is 40.6. The number of phosphoric acid groups is 1. The van der Waals surface area contributed by atoms with Gasteiger partial charge in [-0.3, -0.25) is 28.2 Å². The quantitative estimate of drug-likeness (QED) is 0.0202. The SMILES string of the molecule is CCCCCCCCCCCCCCCC(=O)OC[C@H](COP(=O)(O)OC[C@@H](COC(=O)CCCCCCCCCCCCCCC)OC(=O)CCCCCCCCCCCCCCC)OC(=O)CCCCCCCCCCCCCCC.[Na]. The molecule has 0 aromatic carbocycles. The Balaban J connectivity index is 0. The first kappa shape index (κ1) is 85.1. The van der Waals surface area contributed by atoms with Crippen molar-refractivity contribution in [2.45, 2.75) is 399 Å². The molecule has 0 saturated heterocycles. The number of phosphoric ester groups is 1. The van der Waals surface area contributed by atoms with Crippen molar-refractivity contribution in [1.82, 2.24) is 0 Å². The van der Waals surface area contributed by atoms with E-state index in [1.165, 1.54) is 231 Å². The Morgan fingerprint density at radius 3 is 0.631 bits per heavy atom. The maximum absolute atomic E-state index is 13.4. The summed E-state index contributed by atoms with van der Waals surface area (Å²) < 4.78 is 46.6. The van der Waals surface area contributed by atoms with Gasteiger partial charge in [-0.05, 0) is 25.7 Å². The molecule has 0 heterocycles. The van der Waals surface area contributed by atoms with Crippen LogP contribution in [0, 0.1) is 0 Å². The zero-order valence-electron chi connectivity index (χ0n) is 56.0. The third-order valence-corrected chi connectivity index (χ3v) is 17.2. The molecule has 0 fully saturated rings. The summed E-state index contributed by atoms with van der Waals surface area (Å²) in [5.74, 6) is -1.86. The number of hydrogen-bond donors (Lipinski definition) is 1. The summed E-state index contributed by atoms with van der Waals surface area (Å²) >= 11 is 0. The molecule has 1 radical (unpaired) electrons. The van der Waals surface area contributed by atoms with Gasteiger partial charge in [0.1, 0.15) is 13.2 Å². The minimum Gasteiger partial charge on any atom is -0.462 e. The summed E-state index contributed by atoms with van der Waals surface area (Å²) in [7, 11) is -4.84. The van der Waals surface area contributed by atoms with Gasteiger partial charge in [0.25, 0.3) is 0 Å². The van der Waals surface area contributed by atoms with Crippen molar-refractivity contribution in [3.63, 3.8) is 0 Å². The summed E-state index contributed by atoms with van der Waals surface area (Å²) in [4.78, 5) is 62.8. The molecule has 493 valence electrons. The average molecular weight is 1220 g/mol. The normalized spacial score (nSPS) is 12.2. The number of hydrogen-bond acceptors (Lipinski definition) is 11. The monoisotopic (exact) mass is 1220 g/mol. The van der Waals surface area contributed by atoms with Gasteiger partial charge in [0, 0.05) is 55.2 Å². The van der Waals surface area contributed by atoms with E-state index in [4.69, 9.17) is 28.0 Å². The van der Waals surface area contributed by atoms with Gasteiger partial charge in [0.05, 0.1) is 13.2 Å². The standard InChI is InChI=1S/C70H135O12P.Na/c1-5-9-13-17-21-25-29-33-37-41-45-49-53-57-67(71)77-61-65(81-69(73)59-55-51-47-43-39-35-31-27-23-19-15-11-7-3)63-79-83(75,76)80-64-66(82-70(74)60-56-52-48-44-40-36-32-28-24-20-16-12-8-4)62-78-68(72)58-54-50-46-42-38-34-30-26-22-18-14-10-6-2;/h65-66H,5-64H2,1-4H3,(H,75,76);/t65-,66-;/m1./s1. The Labute approximate surface area is 540 Å². The van der Waals surface area contributed by atoms with Crippen LogP contribution in [-0.2, 0) is 51.7 Å². The Morgan fingerprint density at radius 1 is 0.274 bits per heavy atom. The van der Waals surface area contributed by atoms with Crippen molar-refractivity contribution >= 4 is 61.3 Å². The molecule has 0 spiro atoms. The first-order valence-corrected chi connectivity index (χ1v) is 37.4. The molecule has 2 atom stereocenters. The van der Waals surface area contributed by atoms with Crippen LogP contribution in [0.25, 0.3) is 0 Å². The van der Waals surface area contributed by atoms with Crippen molar-refractivity contribution in [1.29, 1.82) is 0 Å². The maximum Gasteiger partial charge on any atom is 0.472 e. The number of esters is 4. The molecule has 0 aliphatic carbocycles. The van der Waals surface area contributed by atoms with Gasteiger partial charge in [0.2, 0.25) is 0 Å². The molecule has 0 aromatic heterocycles. The molecule has 0 unspecified atom stereocenters. The largest absolute Gasteiger partial charge is 0.472 e. The van der Waals surface area contributed by atoms with Crippen LogP contribution in [0.3, 0.4) is 0 Å². The van der Waals surface area contributed by atoms with Crippen molar-refractivity contribution in [2.75, 3.05) is 26.4 Å². The number of ether oxygens (including phenoxy) is 4. The van der Waals surface area contributed by atoms with E-state index >= 15 is 0 Å². The van der Waals surface area contributed by atoms with Gasteiger partial charge in [0.15, 0.2) is 12.2 Å². The van der Waals surface area contributed by atoms with Crippen LogP contribution in [0.2, 0.25) is 0 Å². The molecule has 0 rings (SSSR count). The van der Waals surface area contributed by atoms with E-state index in [2.05, 4.69) is 27.7 Å². The smallest absolute Gasteiger partial charge is 0.462 e. The van der Waals surface area contributed by atoms with E-state index < -0.39 is 57.1 Å². The second kappa shape index (κ2) is 67.9. The predicted molar refractivity (Wildman–Crippen MR) is 350 cm³/mol. The van der Waals surface area contributed by atoms with Crippen LogP contribution in [0.1, 0.15) is 387 Å². The number of unbranched alkanes of at least 4 members (excludes halogenated alkanes) is 48. The molecular weight excluding hydrogens is 1090 g/mol. The summed E-state index contributed by atoms with van der Waals surface area (Å²) in [6.45, 7) is 7.18. The van der Waals surface area contributed by atoms with Crippen LogP contribution in [0.4, 0.5) is 0 Å². The zero-order valence-corrected chi connectivity index (χ0v) is 58.9. The fourth-order valence-electron chi connectivity index (χ4n) is 10.8. The maximum atomic E-state index is 13.4. The molecule has 0 aliphatic rings. The second-order valence-corrected chi connectivity index (χ2v) is 26.1. The predicted octanol–water partition coefficient (Wildman–Crippen LogP) is 21.6. The number of carbonyl (C=O) groups excluding carboxylic acids is 4. The van der Waals surface area contributed by atoms with E-state index in [9.17, 15) is 28.6 Å². The minimum atomic E-state index is -4.84. The molecule has 12 nitrogen and oxygen atoms in total. The van der Waals surface area contributed by atoms with Gasteiger partial charge < -0.3 is 23.8 Å². The Kier molecular flexibility index (Phi) is 68.8.